The van der Waals surface area contributed by atoms with Gasteiger partial charge in [-0.1, -0.05) is 6.92 Å². The first-order chi connectivity index (χ1) is 6.66. The fraction of sp³-hybridized carbons (Fsp3) is 0.889. The highest BCUT2D eigenvalue weighted by Crippen LogP contribution is 2.24. The van der Waals surface area contributed by atoms with Crippen LogP contribution >= 0.6 is 0 Å². The highest BCUT2D eigenvalue weighted by Gasteiger charge is 2.47. The number of nitrogens with one attached hydrogen (secondary N) is 2. The summed E-state index contributed by atoms with van der Waals surface area (Å²) >= 11 is 0. The summed E-state index contributed by atoms with van der Waals surface area (Å²) in [7, 11) is 0. The standard InChI is InChI=1S/C9H17N3O2/c1-2-12-5-3-4-9(6-12)7(13)10-8(14)11-9/h8,11,14H,2-6H2,1H3,(H,10,13). The maximum Gasteiger partial charge on any atom is 0.244 e. The van der Waals surface area contributed by atoms with Gasteiger partial charge in [-0.15, -0.1) is 0 Å². The molecule has 1 spiro atoms. The van der Waals surface area contributed by atoms with Gasteiger partial charge in [-0.05, 0) is 25.9 Å². The number of rotatable bonds is 1. The summed E-state index contributed by atoms with van der Waals surface area (Å²) in [6.07, 6.45) is 0.937. The summed E-state index contributed by atoms with van der Waals surface area (Å²) in [5.41, 5.74) is -0.548. The lowest BCUT2D eigenvalue weighted by Gasteiger charge is -2.37. The number of piperidine rings is 1. The van der Waals surface area contributed by atoms with E-state index in [1.54, 1.807) is 0 Å². The number of carbonyl (C=O) groups is 1. The molecule has 0 radical (unpaired) electrons. The van der Waals surface area contributed by atoms with E-state index in [-0.39, 0.29) is 5.91 Å². The third-order valence-electron chi connectivity index (χ3n) is 3.13. The smallest absolute Gasteiger partial charge is 0.244 e. The van der Waals surface area contributed by atoms with Gasteiger partial charge in [0.25, 0.3) is 0 Å². The molecule has 0 aromatic heterocycles. The average molecular weight is 199 g/mol. The molecule has 2 saturated heterocycles. The summed E-state index contributed by atoms with van der Waals surface area (Å²) in [5.74, 6) is -0.0665. The van der Waals surface area contributed by atoms with E-state index in [9.17, 15) is 9.90 Å². The SMILES string of the molecule is CCN1CCCC2(C1)NC(O)NC2=O. The number of hydrogen-bond acceptors (Lipinski definition) is 4. The van der Waals surface area contributed by atoms with Crippen LogP contribution in [-0.4, -0.2) is 47.4 Å². The topological polar surface area (TPSA) is 64.6 Å². The molecule has 5 heteroatoms. The van der Waals surface area contributed by atoms with Crippen molar-refractivity contribution in [3.63, 3.8) is 0 Å². The number of hydrogen-bond donors (Lipinski definition) is 3. The zero-order valence-electron chi connectivity index (χ0n) is 8.42. The summed E-state index contributed by atoms with van der Waals surface area (Å²) < 4.78 is 0. The second-order valence-electron chi connectivity index (χ2n) is 4.07. The van der Waals surface area contributed by atoms with E-state index >= 15 is 0 Å². The molecule has 0 aliphatic carbocycles. The van der Waals surface area contributed by atoms with Gasteiger partial charge in [0.1, 0.15) is 5.54 Å². The molecule has 2 aliphatic heterocycles. The number of nitrogens with zero attached hydrogens (tertiary/aromatic N) is 1. The fourth-order valence-electron chi connectivity index (χ4n) is 2.34. The highest BCUT2D eigenvalue weighted by atomic mass is 16.3. The highest BCUT2D eigenvalue weighted by molar-refractivity contribution is 5.88. The van der Waals surface area contributed by atoms with Crippen molar-refractivity contribution >= 4 is 5.91 Å². The Bertz CT molecular complexity index is 246. The van der Waals surface area contributed by atoms with E-state index < -0.39 is 11.9 Å². The molecule has 0 saturated carbocycles. The molecule has 2 rings (SSSR count). The van der Waals surface area contributed by atoms with Crippen molar-refractivity contribution < 1.29 is 9.90 Å². The van der Waals surface area contributed by atoms with Crippen molar-refractivity contribution in [1.29, 1.82) is 0 Å². The van der Waals surface area contributed by atoms with Crippen LogP contribution in [0.2, 0.25) is 0 Å². The normalized spacial score (nSPS) is 39.0. The zero-order valence-corrected chi connectivity index (χ0v) is 8.42. The average Bonchev–Trinajstić information content (AvgIpc) is 2.42. The second-order valence-corrected chi connectivity index (χ2v) is 4.07. The van der Waals surface area contributed by atoms with Gasteiger partial charge in [0.15, 0.2) is 6.35 Å². The summed E-state index contributed by atoms with van der Waals surface area (Å²) in [5, 5.41) is 14.8. The third kappa shape index (κ3) is 1.51. The minimum atomic E-state index is -0.876. The molecular formula is C9H17N3O2. The summed E-state index contributed by atoms with van der Waals surface area (Å²) in [6.45, 7) is 4.78. The van der Waals surface area contributed by atoms with E-state index in [2.05, 4.69) is 22.5 Å². The lowest BCUT2D eigenvalue weighted by Crippen LogP contribution is -2.58. The molecule has 0 aromatic carbocycles. The number of amides is 1. The van der Waals surface area contributed by atoms with Crippen LogP contribution in [-0.2, 0) is 4.79 Å². The van der Waals surface area contributed by atoms with Crippen LogP contribution in [0, 0.1) is 0 Å². The van der Waals surface area contributed by atoms with Gasteiger partial charge < -0.3 is 15.3 Å². The van der Waals surface area contributed by atoms with Crippen LogP contribution in [0.5, 0.6) is 0 Å². The number of carbonyl (C=O) groups excluding carboxylic acids is 1. The van der Waals surface area contributed by atoms with Gasteiger partial charge in [0.2, 0.25) is 5.91 Å². The maximum atomic E-state index is 11.7. The quantitative estimate of drug-likeness (QED) is 0.498. The molecule has 2 heterocycles. The molecule has 3 N–H and O–H groups in total. The second kappa shape index (κ2) is 3.49. The van der Waals surface area contributed by atoms with Crippen molar-refractivity contribution in [2.24, 2.45) is 0 Å². The Kier molecular flexibility index (Phi) is 2.47. The fourth-order valence-corrected chi connectivity index (χ4v) is 2.34. The predicted octanol–water partition coefficient (Wildman–Crippen LogP) is -1.16. The molecule has 5 nitrogen and oxygen atoms in total. The summed E-state index contributed by atoms with van der Waals surface area (Å²) in [6, 6.07) is 0. The van der Waals surface area contributed by atoms with Crippen molar-refractivity contribution in [2.45, 2.75) is 31.7 Å². The third-order valence-corrected chi connectivity index (χ3v) is 3.13. The molecule has 0 aromatic rings. The Balaban J connectivity index is 2.11. The number of aliphatic hydroxyl groups is 1. The Morgan fingerprint density at radius 1 is 1.71 bits per heavy atom. The Hall–Kier alpha value is -0.650. The van der Waals surface area contributed by atoms with Crippen LogP contribution in [0.1, 0.15) is 19.8 Å². The van der Waals surface area contributed by atoms with E-state index in [1.807, 2.05) is 0 Å². The molecule has 14 heavy (non-hydrogen) atoms. The van der Waals surface area contributed by atoms with Gasteiger partial charge >= 0.3 is 0 Å². The molecule has 80 valence electrons. The van der Waals surface area contributed by atoms with Crippen molar-refractivity contribution in [1.82, 2.24) is 15.5 Å². The van der Waals surface area contributed by atoms with Gasteiger partial charge in [0.05, 0.1) is 0 Å². The van der Waals surface area contributed by atoms with Crippen LogP contribution in [0.4, 0.5) is 0 Å². The predicted molar refractivity (Wildman–Crippen MR) is 51.4 cm³/mol. The molecule has 2 fully saturated rings. The van der Waals surface area contributed by atoms with Gasteiger partial charge in [-0.3, -0.25) is 10.1 Å². The molecule has 2 atom stereocenters. The van der Waals surface area contributed by atoms with E-state index in [0.717, 1.165) is 25.9 Å². The van der Waals surface area contributed by atoms with Crippen molar-refractivity contribution in [3.05, 3.63) is 0 Å². The Morgan fingerprint density at radius 3 is 3.07 bits per heavy atom. The largest absolute Gasteiger partial charge is 0.361 e. The number of likely N-dealkylation sites (tertiary alicyclic amines) is 1. The van der Waals surface area contributed by atoms with Gasteiger partial charge in [-0.2, -0.15) is 0 Å². The van der Waals surface area contributed by atoms with Crippen LogP contribution < -0.4 is 10.6 Å². The monoisotopic (exact) mass is 199 g/mol. The van der Waals surface area contributed by atoms with Crippen LogP contribution in [0.3, 0.4) is 0 Å². The molecule has 2 unspecified atom stereocenters. The van der Waals surface area contributed by atoms with Crippen molar-refractivity contribution in [3.8, 4) is 0 Å². The van der Waals surface area contributed by atoms with Crippen molar-refractivity contribution in [2.75, 3.05) is 19.6 Å². The zero-order chi connectivity index (χ0) is 10.2. The Labute approximate surface area is 83.5 Å². The van der Waals surface area contributed by atoms with E-state index in [1.165, 1.54) is 0 Å². The first kappa shape index (κ1) is 9.89. The first-order valence-corrected chi connectivity index (χ1v) is 5.15. The van der Waals surface area contributed by atoms with E-state index in [0.29, 0.717) is 6.54 Å². The minimum Gasteiger partial charge on any atom is -0.361 e. The lowest BCUT2D eigenvalue weighted by molar-refractivity contribution is -0.126. The molecular weight excluding hydrogens is 182 g/mol. The lowest BCUT2D eigenvalue weighted by atomic mass is 9.89. The first-order valence-electron chi connectivity index (χ1n) is 5.15. The number of aliphatic hydroxyl groups excluding tert-OH is 1. The summed E-state index contributed by atoms with van der Waals surface area (Å²) in [4.78, 5) is 13.9. The Morgan fingerprint density at radius 2 is 2.50 bits per heavy atom. The minimum absolute atomic E-state index is 0.0665. The van der Waals surface area contributed by atoms with Crippen LogP contribution in [0.15, 0.2) is 0 Å². The van der Waals surface area contributed by atoms with Crippen LogP contribution in [0.25, 0.3) is 0 Å². The molecule has 2 aliphatic rings. The maximum absolute atomic E-state index is 11.7. The molecule has 1 amide bonds. The van der Waals surface area contributed by atoms with Gasteiger partial charge in [0, 0.05) is 6.54 Å². The van der Waals surface area contributed by atoms with E-state index in [4.69, 9.17) is 0 Å². The number of likely N-dealkylation sites (N-methyl/N-ethyl adjacent to an activating group) is 1. The van der Waals surface area contributed by atoms with Gasteiger partial charge in [-0.25, -0.2) is 0 Å². The molecule has 0 bridgehead atoms.